The van der Waals surface area contributed by atoms with E-state index in [-0.39, 0.29) is 24.6 Å². The summed E-state index contributed by atoms with van der Waals surface area (Å²) in [7, 11) is 0. The Morgan fingerprint density at radius 3 is 3.06 bits per heavy atom. The Morgan fingerprint density at radius 2 is 2.24 bits per heavy atom. The average Bonchev–Trinajstić information content (AvgIpc) is 2.28. The molecule has 1 unspecified atom stereocenters. The Balaban J connectivity index is 1.95. The summed E-state index contributed by atoms with van der Waals surface area (Å²) in [5, 5.41) is 9.04. The van der Waals surface area contributed by atoms with E-state index in [1.165, 1.54) is 11.1 Å². The van der Waals surface area contributed by atoms with Crippen molar-refractivity contribution in [2.75, 3.05) is 6.61 Å². The van der Waals surface area contributed by atoms with Crippen LogP contribution in [0.5, 0.6) is 0 Å². The molecule has 17 heavy (non-hydrogen) atoms. The van der Waals surface area contributed by atoms with Crippen molar-refractivity contribution in [3.63, 3.8) is 0 Å². The summed E-state index contributed by atoms with van der Waals surface area (Å²) in [4.78, 5) is 0. The predicted molar refractivity (Wildman–Crippen MR) is 63.6 cm³/mol. The monoisotopic (exact) mass is 234 g/mol. The third-order valence-electron chi connectivity index (χ3n) is 3.78. The number of aliphatic hydroxyl groups is 1. The van der Waals surface area contributed by atoms with Gasteiger partial charge in [0, 0.05) is 19.4 Å². The summed E-state index contributed by atoms with van der Waals surface area (Å²) in [6.45, 7) is 2.31. The number of hydrogen-bond donors (Lipinski definition) is 1. The molecule has 1 aromatic rings. The van der Waals surface area contributed by atoms with E-state index < -0.39 is 0 Å². The molecule has 0 spiro atoms. The van der Waals surface area contributed by atoms with Gasteiger partial charge in [-0.05, 0) is 24.5 Å². The third kappa shape index (κ3) is 1.88. The van der Waals surface area contributed by atoms with Gasteiger partial charge < -0.3 is 14.6 Å². The fourth-order valence-corrected chi connectivity index (χ4v) is 3.03. The van der Waals surface area contributed by atoms with Crippen molar-refractivity contribution in [1.82, 2.24) is 0 Å². The van der Waals surface area contributed by atoms with Crippen LogP contribution < -0.4 is 0 Å². The first-order valence-corrected chi connectivity index (χ1v) is 6.24. The van der Waals surface area contributed by atoms with Gasteiger partial charge in [-0.3, -0.25) is 0 Å². The Kier molecular flexibility index (Phi) is 2.69. The SMILES string of the molecule is C[C@]12CC(CCO)O[C@H](Cc3ccccc31)O2. The van der Waals surface area contributed by atoms with Crippen molar-refractivity contribution in [3.8, 4) is 0 Å². The molecule has 1 saturated heterocycles. The van der Waals surface area contributed by atoms with Gasteiger partial charge >= 0.3 is 0 Å². The van der Waals surface area contributed by atoms with Gasteiger partial charge in [0.2, 0.25) is 0 Å². The predicted octanol–water partition coefficient (Wildman–Crippen LogP) is 1.97. The molecule has 3 rings (SSSR count). The van der Waals surface area contributed by atoms with E-state index in [0.29, 0.717) is 6.42 Å². The first kappa shape index (κ1) is 11.2. The number of fused-ring (bicyclic) bond motifs is 4. The van der Waals surface area contributed by atoms with Crippen molar-refractivity contribution < 1.29 is 14.6 Å². The second kappa shape index (κ2) is 4.09. The molecular weight excluding hydrogens is 216 g/mol. The zero-order valence-corrected chi connectivity index (χ0v) is 10.1. The molecule has 3 heteroatoms. The van der Waals surface area contributed by atoms with Crippen LogP contribution >= 0.6 is 0 Å². The van der Waals surface area contributed by atoms with Gasteiger partial charge in [-0.2, -0.15) is 0 Å². The fourth-order valence-electron chi connectivity index (χ4n) is 3.03. The van der Waals surface area contributed by atoms with E-state index in [4.69, 9.17) is 14.6 Å². The van der Waals surface area contributed by atoms with Crippen LogP contribution in [0.25, 0.3) is 0 Å². The first-order chi connectivity index (χ1) is 8.21. The normalized spacial score (nSPS) is 35.4. The standard InChI is InChI=1S/C14H18O3/c1-14-9-11(6-7-15)16-13(17-14)8-10-4-2-3-5-12(10)14/h2-5,11,13,15H,6-9H2,1H3/t11?,13-,14-/m0/s1. The van der Waals surface area contributed by atoms with Gasteiger partial charge in [-0.25, -0.2) is 0 Å². The molecular formula is C14H18O3. The molecule has 92 valence electrons. The van der Waals surface area contributed by atoms with Crippen molar-refractivity contribution in [2.24, 2.45) is 0 Å². The molecule has 2 bridgehead atoms. The average molecular weight is 234 g/mol. The maximum Gasteiger partial charge on any atom is 0.163 e. The summed E-state index contributed by atoms with van der Waals surface area (Å²) in [6.07, 6.45) is 2.28. The lowest BCUT2D eigenvalue weighted by atomic mass is 9.81. The van der Waals surface area contributed by atoms with Crippen LogP contribution in [0.1, 0.15) is 30.9 Å². The fraction of sp³-hybridized carbons (Fsp3) is 0.571. The first-order valence-electron chi connectivity index (χ1n) is 6.24. The van der Waals surface area contributed by atoms with Crippen molar-refractivity contribution in [3.05, 3.63) is 35.4 Å². The largest absolute Gasteiger partial charge is 0.396 e. The van der Waals surface area contributed by atoms with Crippen LogP contribution in [-0.2, 0) is 21.5 Å². The van der Waals surface area contributed by atoms with Crippen LogP contribution in [0.15, 0.2) is 24.3 Å². The summed E-state index contributed by atoms with van der Waals surface area (Å²) in [5.41, 5.74) is 2.36. The molecule has 3 atom stereocenters. The molecule has 1 aromatic carbocycles. The Morgan fingerprint density at radius 1 is 1.41 bits per heavy atom. The van der Waals surface area contributed by atoms with E-state index in [1.54, 1.807) is 0 Å². The lowest BCUT2D eigenvalue weighted by Crippen LogP contribution is -2.48. The summed E-state index contributed by atoms with van der Waals surface area (Å²) in [6, 6.07) is 8.42. The lowest BCUT2D eigenvalue weighted by molar-refractivity contribution is -0.290. The zero-order valence-electron chi connectivity index (χ0n) is 10.1. The molecule has 0 saturated carbocycles. The van der Waals surface area contributed by atoms with E-state index in [1.807, 2.05) is 0 Å². The Labute approximate surface area is 101 Å². The highest BCUT2D eigenvalue weighted by atomic mass is 16.7. The minimum absolute atomic E-state index is 0.108. The minimum Gasteiger partial charge on any atom is -0.396 e. The maximum atomic E-state index is 9.04. The highest BCUT2D eigenvalue weighted by Crippen LogP contribution is 2.43. The second-order valence-electron chi connectivity index (χ2n) is 5.11. The molecule has 0 radical (unpaired) electrons. The van der Waals surface area contributed by atoms with Crippen molar-refractivity contribution in [1.29, 1.82) is 0 Å². The van der Waals surface area contributed by atoms with E-state index >= 15 is 0 Å². The van der Waals surface area contributed by atoms with Gasteiger partial charge in [-0.15, -0.1) is 0 Å². The molecule has 0 aliphatic carbocycles. The molecule has 1 fully saturated rings. The molecule has 3 nitrogen and oxygen atoms in total. The van der Waals surface area contributed by atoms with Crippen molar-refractivity contribution >= 4 is 0 Å². The number of aliphatic hydroxyl groups excluding tert-OH is 1. The van der Waals surface area contributed by atoms with Crippen LogP contribution in [0.2, 0.25) is 0 Å². The Hall–Kier alpha value is -0.900. The summed E-state index contributed by atoms with van der Waals surface area (Å²) in [5.74, 6) is 0. The zero-order chi connectivity index (χ0) is 11.9. The number of rotatable bonds is 2. The van der Waals surface area contributed by atoms with Gasteiger partial charge in [-0.1, -0.05) is 24.3 Å². The third-order valence-corrected chi connectivity index (χ3v) is 3.78. The van der Waals surface area contributed by atoms with Crippen LogP contribution in [0.4, 0.5) is 0 Å². The summed E-state index contributed by atoms with van der Waals surface area (Å²) < 4.78 is 11.8. The van der Waals surface area contributed by atoms with Gasteiger partial charge in [0.05, 0.1) is 11.7 Å². The lowest BCUT2D eigenvalue weighted by Gasteiger charge is -2.47. The van der Waals surface area contributed by atoms with Crippen molar-refractivity contribution in [2.45, 2.75) is 44.2 Å². The van der Waals surface area contributed by atoms with Gasteiger partial charge in [0.25, 0.3) is 0 Å². The molecule has 2 heterocycles. The Bertz CT molecular complexity index is 418. The highest BCUT2D eigenvalue weighted by molar-refractivity contribution is 5.35. The second-order valence-corrected chi connectivity index (χ2v) is 5.11. The smallest absolute Gasteiger partial charge is 0.163 e. The summed E-state index contributed by atoms with van der Waals surface area (Å²) >= 11 is 0. The molecule has 0 amide bonds. The van der Waals surface area contributed by atoms with Crippen LogP contribution in [0.3, 0.4) is 0 Å². The van der Waals surface area contributed by atoms with Gasteiger partial charge in [0.15, 0.2) is 6.29 Å². The highest BCUT2D eigenvalue weighted by Gasteiger charge is 2.44. The van der Waals surface area contributed by atoms with Gasteiger partial charge in [0.1, 0.15) is 0 Å². The van der Waals surface area contributed by atoms with E-state index in [9.17, 15) is 0 Å². The van der Waals surface area contributed by atoms with Crippen LogP contribution in [-0.4, -0.2) is 24.1 Å². The molecule has 2 aliphatic rings. The quantitative estimate of drug-likeness (QED) is 0.850. The molecule has 0 aromatic heterocycles. The maximum absolute atomic E-state index is 9.04. The van der Waals surface area contributed by atoms with E-state index in [2.05, 4.69) is 31.2 Å². The molecule has 2 aliphatic heterocycles. The number of benzene rings is 1. The molecule has 1 N–H and O–H groups in total. The number of ether oxygens (including phenoxy) is 2. The van der Waals surface area contributed by atoms with E-state index in [0.717, 1.165) is 12.8 Å². The minimum atomic E-state index is -0.252. The topological polar surface area (TPSA) is 38.7 Å². The number of hydrogen-bond acceptors (Lipinski definition) is 3. The van der Waals surface area contributed by atoms with Crippen LogP contribution in [0, 0.1) is 0 Å².